The van der Waals surface area contributed by atoms with Crippen LogP contribution < -0.4 is 0 Å². The van der Waals surface area contributed by atoms with E-state index in [1.54, 1.807) is 72.8 Å². The Balaban J connectivity index is 1.78. The van der Waals surface area contributed by atoms with E-state index in [4.69, 9.17) is 14.2 Å². The molecule has 0 aliphatic carbocycles. The molecular weight excluding hydrogens is 540 g/mol. The Kier molecular flexibility index (Phi) is 9.74. The Morgan fingerprint density at radius 1 is 0.676 bits per heavy atom. The van der Waals surface area contributed by atoms with E-state index in [0.29, 0.717) is 11.8 Å². The monoisotopic (exact) mass is 566 g/mol. The average Bonchev–Trinajstić information content (AvgIpc) is 2.90. The minimum absolute atomic E-state index is 0.234. The molecule has 0 saturated carbocycles. The van der Waals surface area contributed by atoms with Crippen molar-refractivity contribution in [2.45, 2.75) is 37.8 Å². The topological polar surface area (TPSA) is 96.0 Å². The molecule has 0 bridgehead atoms. The van der Waals surface area contributed by atoms with Crippen LogP contribution in [-0.4, -0.2) is 47.8 Å². The molecule has 192 valence electrons. The van der Waals surface area contributed by atoms with Crippen molar-refractivity contribution < 1.29 is 33.4 Å². The largest absolute Gasteiger partial charge is 0.461 e. The minimum Gasteiger partial charge on any atom is -0.461 e. The predicted molar refractivity (Wildman–Crippen MR) is 141 cm³/mol. The normalized spacial score (nSPS) is 13.1. The van der Waals surface area contributed by atoms with Crippen LogP contribution in [0.1, 0.15) is 47.8 Å². The maximum Gasteiger partial charge on any atom is 0.338 e. The Bertz CT molecular complexity index is 1230. The van der Waals surface area contributed by atoms with Crippen LogP contribution in [0.3, 0.4) is 0 Å². The Morgan fingerprint density at radius 3 is 1.46 bits per heavy atom. The number of rotatable bonds is 10. The van der Waals surface area contributed by atoms with Crippen molar-refractivity contribution in [3.8, 4) is 0 Å². The molecule has 3 aromatic rings. The Labute approximate surface area is 223 Å². The van der Waals surface area contributed by atoms with E-state index in [2.05, 4.69) is 15.9 Å². The van der Waals surface area contributed by atoms with Crippen LogP contribution in [0.2, 0.25) is 0 Å². The summed E-state index contributed by atoms with van der Waals surface area (Å²) in [6.07, 6.45) is -2.37. The standard InChI is InChI=1S/C29H27BrO7/c1-18-4-10-21(11-5-18)27(32)35-17-24(30)26(37-29(34)23-14-8-20(3)9-15-23)25(16-31)36-28(33)22-12-6-19(2)7-13-22/h4-16,24-26H,17H2,1-3H3/t24-,25+,26+/m1/s1. The fraction of sp³-hybridized carbons (Fsp3) is 0.241. The molecule has 0 radical (unpaired) electrons. The van der Waals surface area contributed by atoms with Gasteiger partial charge >= 0.3 is 17.9 Å². The predicted octanol–water partition coefficient (Wildman–Crippen LogP) is 5.18. The lowest BCUT2D eigenvalue weighted by molar-refractivity contribution is -0.122. The number of aldehydes is 1. The van der Waals surface area contributed by atoms with Crippen LogP contribution in [0, 0.1) is 20.8 Å². The number of benzene rings is 3. The Morgan fingerprint density at radius 2 is 1.05 bits per heavy atom. The van der Waals surface area contributed by atoms with E-state index in [0.717, 1.165) is 16.7 Å². The van der Waals surface area contributed by atoms with E-state index >= 15 is 0 Å². The molecule has 0 spiro atoms. The molecule has 0 amide bonds. The lowest BCUT2D eigenvalue weighted by Crippen LogP contribution is -2.44. The summed E-state index contributed by atoms with van der Waals surface area (Å²) in [5.41, 5.74) is 3.72. The quantitative estimate of drug-likeness (QED) is 0.144. The number of aryl methyl sites for hydroxylation is 3. The van der Waals surface area contributed by atoms with E-state index in [1.807, 2.05) is 20.8 Å². The van der Waals surface area contributed by atoms with Crippen LogP contribution in [0.15, 0.2) is 72.8 Å². The molecule has 0 fully saturated rings. The van der Waals surface area contributed by atoms with Crippen molar-refractivity contribution in [2.75, 3.05) is 6.61 Å². The van der Waals surface area contributed by atoms with Gasteiger partial charge in [0.25, 0.3) is 0 Å². The highest BCUT2D eigenvalue weighted by Gasteiger charge is 2.36. The van der Waals surface area contributed by atoms with Crippen LogP contribution in [0.25, 0.3) is 0 Å². The number of hydrogen-bond donors (Lipinski definition) is 0. The number of alkyl halides is 1. The summed E-state index contributed by atoms with van der Waals surface area (Å²) in [7, 11) is 0. The first kappa shape index (κ1) is 27.8. The van der Waals surface area contributed by atoms with Gasteiger partial charge in [-0.2, -0.15) is 0 Å². The zero-order valence-corrected chi connectivity index (χ0v) is 22.3. The summed E-state index contributed by atoms with van der Waals surface area (Å²) < 4.78 is 16.4. The van der Waals surface area contributed by atoms with Crippen molar-refractivity contribution in [1.82, 2.24) is 0 Å². The first-order chi connectivity index (χ1) is 17.7. The van der Waals surface area contributed by atoms with Gasteiger partial charge in [0.05, 0.1) is 21.5 Å². The van der Waals surface area contributed by atoms with Crippen LogP contribution >= 0.6 is 15.9 Å². The van der Waals surface area contributed by atoms with Gasteiger partial charge in [-0.05, 0) is 57.2 Å². The number of carbonyl (C=O) groups excluding carboxylic acids is 4. The van der Waals surface area contributed by atoms with Crippen molar-refractivity contribution in [3.05, 3.63) is 106 Å². The minimum atomic E-state index is -1.47. The van der Waals surface area contributed by atoms with Gasteiger partial charge in [-0.15, -0.1) is 0 Å². The number of hydrogen-bond acceptors (Lipinski definition) is 7. The molecule has 0 N–H and O–H groups in total. The first-order valence-electron chi connectivity index (χ1n) is 11.6. The first-order valence-corrected chi connectivity index (χ1v) is 12.5. The third kappa shape index (κ3) is 7.85. The van der Waals surface area contributed by atoms with Crippen molar-refractivity contribution in [1.29, 1.82) is 0 Å². The highest BCUT2D eigenvalue weighted by molar-refractivity contribution is 9.09. The van der Waals surface area contributed by atoms with Gasteiger partial charge in [-0.1, -0.05) is 69.0 Å². The van der Waals surface area contributed by atoms with Crippen LogP contribution in [0.4, 0.5) is 0 Å². The second-order valence-electron chi connectivity index (χ2n) is 8.59. The lowest BCUT2D eigenvalue weighted by atomic mass is 10.1. The summed E-state index contributed by atoms with van der Waals surface area (Å²) >= 11 is 3.36. The smallest absolute Gasteiger partial charge is 0.338 e. The van der Waals surface area contributed by atoms with Crippen LogP contribution in [0.5, 0.6) is 0 Å². The molecule has 0 saturated heterocycles. The van der Waals surface area contributed by atoms with Crippen LogP contribution in [-0.2, 0) is 19.0 Å². The average molecular weight is 567 g/mol. The van der Waals surface area contributed by atoms with E-state index in [1.165, 1.54) is 0 Å². The molecule has 7 nitrogen and oxygen atoms in total. The van der Waals surface area contributed by atoms with Gasteiger partial charge in [-0.3, -0.25) is 4.79 Å². The van der Waals surface area contributed by atoms with Gasteiger partial charge < -0.3 is 14.2 Å². The summed E-state index contributed by atoms with van der Waals surface area (Å²) in [6, 6.07) is 20.1. The summed E-state index contributed by atoms with van der Waals surface area (Å²) in [5.74, 6) is -2.07. The molecule has 3 aromatic carbocycles. The number of halogens is 1. The SMILES string of the molecule is Cc1ccc(C(=O)OC[C@@H](Br)[C@H](OC(=O)c2ccc(C)cc2)[C@H](C=O)OC(=O)c2ccc(C)cc2)cc1. The maximum absolute atomic E-state index is 12.9. The maximum atomic E-state index is 12.9. The summed E-state index contributed by atoms with van der Waals surface area (Å²) in [6.45, 7) is 5.39. The second kappa shape index (κ2) is 13.0. The van der Waals surface area contributed by atoms with Gasteiger partial charge in [0.2, 0.25) is 0 Å². The fourth-order valence-electron chi connectivity index (χ4n) is 3.30. The third-order valence-corrected chi connectivity index (χ3v) is 6.32. The zero-order valence-electron chi connectivity index (χ0n) is 20.7. The Hall–Kier alpha value is -3.78. The summed E-state index contributed by atoms with van der Waals surface area (Å²) in [5, 5.41) is 0. The summed E-state index contributed by atoms with van der Waals surface area (Å²) in [4.78, 5) is 49.2. The fourth-order valence-corrected chi connectivity index (χ4v) is 3.85. The molecule has 0 aliphatic heterocycles. The molecule has 3 rings (SSSR count). The highest BCUT2D eigenvalue weighted by atomic mass is 79.9. The number of ether oxygens (including phenoxy) is 3. The molecule has 8 heteroatoms. The van der Waals surface area contributed by atoms with Gasteiger partial charge in [-0.25, -0.2) is 14.4 Å². The van der Waals surface area contributed by atoms with Gasteiger partial charge in [0, 0.05) is 0 Å². The molecule has 37 heavy (non-hydrogen) atoms. The third-order valence-electron chi connectivity index (χ3n) is 5.54. The van der Waals surface area contributed by atoms with E-state index in [9.17, 15) is 19.2 Å². The van der Waals surface area contributed by atoms with Crippen molar-refractivity contribution >= 4 is 40.1 Å². The van der Waals surface area contributed by atoms with E-state index < -0.39 is 34.9 Å². The molecule has 0 aromatic heterocycles. The van der Waals surface area contributed by atoms with Gasteiger partial charge in [0.1, 0.15) is 6.61 Å². The lowest BCUT2D eigenvalue weighted by Gasteiger charge is -2.27. The molecular formula is C29H27BrO7. The van der Waals surface area contributed by atoms with E-state index in [-0.39, 0.29) is 17.7 Å². The highest BCUT2D eigenvalue weighted by Crippen LogP contribution is 2.20. The molecule has 0 aliphatic rings. The zero-order chi connectivity index (χ0) is 26.9. The van der Waals surface area contributed by atoms with Crippen molar-refractivity contribution in [3.63, 3.8) is 0 Å². The second-order valence-corrected chi connectivity index (χ2v) is 9.76. The molecule has 3 atom stereocenters. The molecule has 0 unspecified atom stereocenters. The van der Waals surface area contributed by atoms with Gasteiger partial charge in [0.15, 0.2) is 18.5 Å². The molecule has 0 heterocycles. The van der Waals surface area contributed by atoms with Crippen molar-refractivity contribution in [2.24, 2.45) is 0 Å². The number of carbonyl (C=O) groups is 4. The number of esters is 3.